The molecule has 0 saturated heterocycles. The van der Waals surface area contributed by atoms with Crippen LogP contribution in [0, 0.1) is 0 Å². The van der Waals surface area contributed by atoms with Crippen molar-refractivity contribution in [1.29, 1.82) is 0 Å². The number of benzene rings is 2. The Morgan fingerprint density at radius 2 is 1.88 bits per heavy atom. The molecule has 25 heavy (non-hydrogen) atoms. The Labute approximate surface area is 163 Å². The summed E-state index contributed by atoms with van der Waals surface area (Å²) in [4.78, 5) is 4.34. The molecule has 7 heteroatoms. The number of ether oxygens (including phenoxy) is 1. The minimum Gasteiger partial charge on any atom is -0.497 e. The molecular weight excluding hydrogens is 429 g/mol. The minimum absolute atomic E-state index is 0. The van der Waals surface area contributed by atoms with Gasteiger partial charge in [-0.25, -0.2) is 9.67 Å². The third-order valence-electron chi connectivity index (χ3n) is 3.45. The van der Waals surface area contributed by atoms with Crippen LogP contribution in [0.2, 0.25) is 0 Å². The lowest BCUT2D eigenvalue weighted by Crippen LogP contribution is -2.22. The van der Waals surface area contributed by atoms with E-state index < -0.39 is 0 Å². The van der Waals surface area contributed by atoms with E-state index in [0.717, 1.165) is 22.7 Å². The molecule has 2 aromatic carbocycles. The summed E-state index contributed by atoms with van der Waals surface area (Å²) in [5, 5.41) is 7.39. The van der Waals surface area contributed by atoms with Gasteiger partial charge in [0, 0.05) is 17.4 Å². The number of aromatic nitrogens is 2. The van der Waals surface area contributed by atoms with Crippen molar-refractivity contribution < 1.29 is 4.74 Å². The van der Waals surface area contributed by atoms with Crippen molar-refractivity contribution in [3.63, 3.8) is 0 Å². The first-order valence-corrected chi connectivity index (χ1v) is 7.54. The third-order valence-corrected chi connectivity index (χ3v) is 3.45. The highest BCUT2D eigenvalue weighted by atomic mass is 127. The SMILES string of the molecule is COc1ccc(NC(N)=NCc2cnn(-c3ccccc3)c2)cc1.I. The van der Waals surface area contributed by atoms with Gasteiger partial charge >= 0.3 is 0 Å². The molecule has 3 aromatic rings. The van der Waals surface area contributed by atoms with Gasteiger partial charge in [-0.3, -0.25) is 0 Å². The first kappa shape index (κ1) is 18.8. The molecule has 0 aliphatic heterocycles. The van der Waals surface area contributed by atoms with Crippen molar-refractivity contribution in [3.05, 3.63) is 72.6 Å². The number of halogens is 1. The number of rotatable bonds is 5. The Morgan fingerprint density at radius 1 is 1.16 bits per heavy atom. The lowest BCUT2D eigenvalue weighted by molar-refractivity contribution is 0.415. The van der Waals surface area contributed by atoms with Crippen LogP contribution in [0.25, 0.3) is 5.69 Å². The van der Waals surface area contributed by atoms with Gasteiger partial charge < -0.3 is 15.8 Å². The van der Waals surface area contributed by atoms with Crippen molar-refractivity contribution in [2.24, 2.45) is 10.7 Å². The van der Waals surface area contributed by atoms with Crippen molar-refractivity contribution in [2.45, 2.75) is 6.54 Å². The summed E-state index contributed by atoms with van der Waals surface area (Å²) in [6.45, 7) is 0.460. The fourth-order valence-corrected chi connectivity index (χ4v) is 2.20. The number of para-hydroxylation sites is 1. The summed E-state index contributed by atoms with van der Waals surface area (Å²) in [5.41, 5.74) is 8.78. The second kappa shape index (κ2) is 9.07. The fourth-order valence-electron chi connectivity index (χ4n) is 2.20. The predicted octanol–water partition coefficient (Wildman–Crippen LogP) is 3.43. The molecule has 0 atom stereocenters. The summed E-state index contributed by atoms with van der Waals surface area (Å²) in [5.74, 6) is 1.15. The number of nitrogens with two attached hydrogens (primary N) is 1. The summed E-state index contributed by atoms with van der Waals surface area (Å²) < 4.78 is 6.94. The number of hydrogen-bond donors (Lipinski definition) is 2. The number of nitrogens with one attached hydrogen (secondary N) is 1. The topological polar surface area (TPSA) is 77.5 Å². The molecule has 0 amide bonds. The van der Waals surface area contributed by atoms with Crippen LogP contribution in [0.4, 0.5) is 5.69 Å². The molecule has 1 aromatic heterocycles. The molecule has 0 aliphatic carbocycles. The summed E-state index contributed by atoms with van der Waals surface area (Å²) >= 11 is 0. The standard InChI is InChI=1S/C18H19N5O.HI/c1-24-17-9-7-15(8-10-17)22-18(19)20-11-14-12-21-23(13-14)16-5-3-2-4-6-16;/h2-10,12-13H,11H2,1H3,(H3,19,20,22);1H. The van der Waals surface area contributed by atoms with Gasteiger partial charge in [0.05, 0.1) is 25.5 Å². The molecule has 0 saturated carbocycles. The van der Waals surface area contributed by atoms with E-state index in [0.29, 0.717) is 12.5 Å². The van der Waals surface area contributed by atoms with E-state index in [1.807, 2.05) is 65.5 Å². The second-order valence-corrected chi connectivity index (χ2v) is 5.18. The number of hydrogen-bond acceptors (Lipinski definition) is 3. The number of nitrogens with zero attached hydrogens (tertiary/aromatic N) is 3. The van der Waals surface area contributed by atoms with Gasteiger partial charge in [0.15, 0.2) is 5.96 Å². The predicted molar refractivity (Wildman–Crippen MR) is 111 cm³/mol. The normalized spacial score (nSPS) is 10.8. The Hall–Kier alpha value is -2.55. The van der Waals surface area contributed by atoms with Crippen molar-refractivity contribution in [2.75, 3.05) is 12.4 Å². The zero-order valence-electron chi connectivity index (χ0n) is 13.8. The smallest absolute Gasteiger partial charge is 0.193 e. The molecule has 0 unspecified atom stereocenters. The van der Waals surface area contributed by atoms with Crippen molar-refractivity contribution in [3.8, 4) is 11.4 Å². The van der Waals surface area contributed by atoms with Crippen LogP contribution in [0.3, 0.4) is 0 Å². The second-order valence-electron chi connectivity index (χ2n) is 5.18. The van der Waals surface area contributed by atoms with Crippen LogP contribution < -0.4 is 15.8 Å². The molecule has 3 N–H and O–H groups in total. The molecule has 0 radical (unpaired) electrons. The Morgan fingerprint density at radius 3 is 2.56 bits per heavy atom. The largest absolute Gasteiger partial charge is 0.497 e. The maximum atomic E-state index is 5.92. The van der Waals surface area contributed by atoms with Crippen LogP contribution in [-0.2, 0) is 6.54 Å². The quantitative estimate of drug-likeness (QED) is 0.356. The number of aliphatic imine (C=N–C) groups is 1. The number of methoxy groups -OCH3 is 1. The highest BCUT2D eigenvalue weighted by Crippen LogP contribution is 2.14. The molecule has 6 nitrogen and oxygen atoms in total. The van der Waals surface area contributed by atoms with Gasteiger partial charge in [0.25, 0.3) is 0 Å². The fraction of sp³-hybridized carbons (Fsp3) is 0.111. The average Bonchev–Trinajstić information content (AvgIpc) is 3.10. The highest BCUT2D eigenvalue weighted by Gasteiger charge is 2.01. The van der Waals surface area contributed by atoms with E-state index >= 15 is 0 Å². The zero-order chi connectivity index (χ0) is 16.8. The number of guanidine groups is 1. The minimum atomic E-state index is 0. The van der Waals surface area contributed by atoms with Gasteiger partial charge in [0.1, 0.15) is 5.75 Å². The highest BCUT2D eigenvalue weighted by molar-refractivity contribution is 14.0. The van der Waals surface area contributed by atoms with Crippen LogP contribution in [0.1, 0.15) is 5.56 Å². The average molecular weight is 449 g/mol. The molecule has 3 rings (SSSR count). The monoisotopic (exact) mass is 449 g/mol. The van der Waals surface area contributed by atoms with Gasteiger partial charge in [-0.1, -0.05) is 18.2 Å². The van der Waals surface area contributed by atoms with Gasteiger partial charge in [0.2, 0.25) is 0 Å². The summed E-state index contributed by atoms with van der Waals surface area (Å²) in [6.07, 6.45) is 3.73. The zero-order valence-corrected chi connectivity index (χ0v) is 16.1. The van der Waals surface area contributed by atoms with Crippen LogP contribution in [0.5, 0.6) is 5.75 Å². The van der Waals surface area contributed by atoms with E-state index in [-0.39, 0.29) is 24.0 Å². The molecule has 0 fully saturated rings. The molecule has 0 spiro atoms. The van der Waals surface area contributed by atoms with Gasteiger partial charge in [-0.2, -0.15) is 5.10 Å². The maximum Gasteiger partial charge on any atom is 0.193 e. The Balaban J connectivity index is 0.00000225. The van der Waals surface area contributed by atoms with Crippen LogP contribution in [-0.4, -0.2) is 22.8 Å². The van der Waals surface area contributed by atoms with Crippen LogP contribution >= 0.6 is 24.0 Å². The first-order chi connectivity index (χ1) is 11.7. The van der Waals surface area contributed by atoms with E-state index in [4.69, 9.17) is 10.5 Å². The molecular formula is C18H20IN5O. The van der Waals surface area contributed by atoms with Crippen molar-refractivity contribution >= 4 is 35.6 Å². The first-order valence-electron chi connectivity index (χ1n) is 7.54. The lowest BCUT2D eigenvalue weighted by Gasteiger charge is -2.06. The Kier molecular flexibility index (Phi) is 6.81. The van der Waals surface area contributed by atoms with Crippen molar-refractivity contribution in [1.82, 2.24) is 9.78 Å². The molecule has 0 aliphatic rings. The lowest BCUT2D eigenvalue weighted by atomic mass is 10.3. The molecule has 0 bridgehead atoms. The molecule has 1 heterocycles. The van der Waals surface area contributed by atoms with E-state index in [2.05, 4.69) is 15.4 Å². The maximum absolute atomic E-state index is 5.92. The van der Waals surface area contributed by atoms with E-state index in [1.54, 1.807) is 13.3 Å². The van der Waals surface area contributed by atoms with E-state index in [9.17, 15) is 0 Å². The third kappa shape index (κ3) is 5.21. The van der Waals surface area contributed by atoms with Crippen LogP contribution in [0.15, 0.2) is 72.0 Å². The van der Waals surface area contributed by atoms with E-state index in [1.165, 1.54) is 0 Å². The Bertz CT molecular complexity index is 815. The van der Waals surface area contributed by atoms with Gasteiger partial charge in [-0.15, -0.1) is 24.0 Å². The summed E-state index contributed by atoms with van der Waals surface area (Å²) in [7, 11) is 1.63. The van der Waals surface area contributed by atoms with Gasteiger partial charge in [-0.05, 0) is 36.4 Å². The summed E-state index contributed by atoms with van der Waals surface area (Å²) in [6, 6.07) is 17.4. The number of anilines is 1. The molecule has 130 valence electrons.